The smallest absolute Gasteiger partial charge is 0.309 e. The number of esters is 1. The van der Waals surface area contributed by atoms with E-state index in [0.29, 0.717) is 50.8 Å². The number of nitrogens with zero attached hydrogens (tertiary/aromatic N) is 2. The first kappa shape index (κ1) is 15.5. The van der Waals surface area contributed by atoms with Crippen LogP contribution < -0.4 is 10.5 Å². The predicted molar refractivity (Wildman–Crippen MR) is 77.1 cm³/mol. The lowest BCUT2D eigenvalue weighted by molar-refractivity contribution is -0.148. The van der Waals surface area contributed by atoms with E-state index in [-0.39, 0.29) is 17.4 Å². The molecule has 1 N–H and O–H groups in total. The van der Waals surface area contributed by atoms with Crippen molar-refractivity contribution in [3.63, 3.8) is 0 Å². The highest BCUT2D eigenvalue weighted by Gasteiger charge is 2.27. The molecule has 0 bridgehead atoms. The molecule has 1 saturated heterocycles. The maximum absolute atomic E-state index is 11.7. The van der Waals surface area contributed by atoms with Gasteiger partial charge in [0.25, 0.3) is 5.56 Å². The number of aromatic amines is 1. The van der Waals surface area contributed by atoms with E-state index in [9.17, 15) is 9.59 Å². The summed E-state index contributed by atoms with van der Waals surface area (Å²) in [7, 11) is 1.56. The van der Waals surface area contributed by atoms with Gasteiger partial charge in [-0.15, -0.1) is 0 Å². The van der Waals surface area contributed by atoms with Gasteiger partial charge in [-0.25, -0.2) is 4.98 Å². The second-order valence-corrected chi connectivity index (χ2v) is 5.01. The first-order valence-electron chi connectivity index (χ1n) is 7.14. The Morgan fingerprint density at radius 1 is 1.48 bits per heavy atom. The van der Waals surface area contributed by atoms with Crippen LogP contribution >= 0.6 is 0 Å². The van der Waals surface area contributed by atoms with E-state index in [4.69, 9.17) is 9.47 Å². The van der Waals surface area contributed by atoms with Crippen LogP contribution in [0.1, 0.15) is 25.5 Å². The molecule has 2 rings (SSSR count). The van der Waals surface area contributed by atoms with Gasteiger partial charge in [-0.05, 0) is 19.8 Å². The lowest BCUT2D eigenvalue weighted by Crippen LogP contribution is -2.38. The molecule has 0 radical (unpaired) electrons. The maximum atomic E-state index is 11.7. The molecule has 0 unspecified atom stereocenters. The van der Waals surface area contributed by atoms with Crippen LogP contribution in [0.2, 0.25) is 0 Å². The van der Waals surface area contributed by atoms with Crippen LogP contribution in [-0.4, -0.2) is 42.7 Å². The highest BCUT2D eigenvalue weighted by Crippen LogP contribution is 2.21. The summed E-state index contributed by atoms with van der Waals surface area (Å²) in [6, 6.07) is 1.43. The molecule has 116 valence electrons. The normalized spacial score (nSPS) is 16.0. The third-order valence-corrected chi connectivity index (χ3v) is 3.49. The minimum Gasteiger partial charge on any atom is -0.466 e. The molecule has 7 nitrogen and oxygen atoms in total. The number of ether oxygens (including phenoxy) is 2. The molecule has 0 aromatic carbocycles. The Balaban J connectivity index is 2.02. The van der Waals surface area contributed by atoms with E-state index >= 15 is 0 Å². The Bertz CT molecular complexity index is 535. The van der Waals surface area contributed by atoms with E-state index in [1.165, 1.54) is 6.07 Å². The van der Waals surface area contributed by atoms with Crippen molar-refractivity contribution in [1.29, 1.82) is 0 Å². The maximum Gasteiger partial charge on any atom is 0.309 e. The van der Waals surface area contributed by atoms with E-state index in [1.807, 2.05) is 11.8 Å². The van der Waals surface area contributed by atoms with Crippen molar-refractivity contribution in [2.24, 2.45) is 5.92 Å². The Kier molecular flexibility index (Phi) is 5.32. The van der Waals surface area contributed by atoms with Crippen LogP contribution in [0.3, 0.4) is 0 Å². The molecule has 2 heterocycles. The number of hydrogen-bond donors (Lipinski definition) is 1. The number of hydrogen-bond acceptors (Lipinski definition) is 6. The Morgan fingerprint density at radius 3 is 2.81 bits per heavy atom. The van der Waals surface area contributed by atoms with Crippen molar-refractivity contribution < 1.29 is 14.3 Å². The quantitative estimate of drug-likeness (QED) is 0.805. The van der Waals surface area contributed by atoms with Crippen molar-refractivity contribution in [1.82, 2.24) is 9.97 Å². The number of methoxy groups -OCH3 is 1. The molecule has 1 aromatic heterocycles. The van der Waals surface area contributed by atoms with Gasteiger partial charge >= 0.3 is 5.97 Å². The summed E-state index contributed by atoms with van der Waals surface area (Å²) < 4.78 is 10.1. The Labute approximate surface area is 123 Å². The molecule has 0 saturated carbocycles. The summed E-state index contributed by atoms with van der Waals surface area (Å²) in [5.74, 6) is 0.346. The van der Waals surface area contributed by atoms with Gasteiger partial charge in [0.1, 0.15) is 0 Å². The third-order valence-electron chi connectivity index (χ3n) is 3.49. The summed E-state index contributed by atoms with van der Waals surface area (Å²) in [4.78, 5) is 32.4. The first-order valence-corrected chi connectivity index (χ1v) is 7.14. The van der Waals surface area contributed by atoms with E-state index < -0.39 is 0 Å². The lowest BCUT2D eigenvalue weighted by atomic mass is 9.97. The second kappa shape index (κ2) is 7.21. The van der Waals surface area contributed by atoms with Crippen LogP contribution in [0.5, 0.6) is 0 Å². The largest absolute Gasteiger partial charge is 0.466 e. The van der Waals surface area contributed by atoms with Crippen LogP contribution in [0.4, 0.5) is 5.95 Å². The van der Waals surface area contributed by atoms with Gasteiger partial charge in [0, 0.05) is 26.3 Å². The average Bonchev–Trinajstić information content (AvgIpc) is 2.47. The summed E-state index contributed by atoms with van der Waals surface area (Å²) in [6.07, 6.45) is 1.41. The molecule has 1 fully saturated rings. The number of rotatable bonds is 5. The fourth-order valence-corrected chi connectivity index (χ4v) is 2.45. The summed E-state index contributed by atoms with van der Waals surface area (Å²) >= 11 is 0. The number of carbonyl (C=O) groups is 1. The molecule has 21 heavy (non-hydrogen) atoms. The highest BCUT2D eigenvalue weighted by atomic mass is 16.5. The number of anilines is 1. The molecule has 7 heteroatoms. The topological polar surface area (TPSA) is 84.5 Å². The molecular formula is C14H21N3O4. The van der Waals surface area contributed by atoms with Crippen molar-refractivity contribution >= 4 is 11.9 Å². The molecule has 1 aromatic rings. The van der Waals surface area contributed by atoms with Gasteiger partial charge in [-0.1, -0.05) is 0 Å². The average molecular weight is 295 g/mol. The predicted octanol–water partition coefficient (Wildman–Crippen LogP) is 0.696. The van der Waals surface area contributed by atoms with E-state index in [1.54, 1.807) is 7.11 Å². The van der Waals surface area contributed by atoms with Crippen LogP contribution in [-0.2, 0) is 20.9 Å². The number of H-pyrrole nitrogens is 1. The zero-order valence-electron chi connectivity index (χ0n) is 12.4. The van der Waals surface area contributed by atoms with Gasteiger partial charge in [-0.2, -0.15) is 0 Å². The van der Waals surface area contributed by atoms with Gasteiger partial charge in [0.2, 0.25) is 5.95 Å². The molecule has 1 aliphatic rings. The molecular weight excluding hydrogens is 274 g/mol. The first-order chi connectivity index (χ1) is 10.1. The number of piperidine rings is 1. The van der Waals surface area contributed by atoms with Crippen LogP contribution in [0.25, 0.3) is 0 Å². The standard InChI is InChI=1S/C14H21N3O4/c1-3-21-13(19)10-4-6-17(7-5-10)14-15-11(9-20-2)8-12(18)16-14/h8,10H,3-7,9H2,1-2H3,(H,15,16,18). The monoisotopic (exact) mass is 295 g/mol. The van der Waals surface area contributed by atoms with Crippen molar-refractivity contribution in [3.05, 3.63) is 22.1 Å². The van der Waals surface area contributed by atoms with Crippen molar-refractivity contribution in [2.45, 2.75) is 26.4 Å². The van der Waals surface area contributed by atoms with Gasteiger partial charge in [0.05, 0.1) is 24.8 Å². The molecule has 0 aliphatic carbocycles. The SMILES string of the molecule is CCOC(=O)C1CCN(c2nc(COC)cc(=O)[nH]2)CC1. The lowest BCUT2D eigenvalue weighted by Gasteiger charge is -2.31. The van der Waals surface area contributed by atoms with Gasteiger partial charge < -0.3 is 14.4 Å². The van der Waals surface area contributed by atoms with Crippen molar-refractivity contribution in [2.75, 3.05) is 31.7 Å². The minimum atomic E-state index is -0.195. The fraction of sp³-hybridized carbons (Fsp3) is 0.643. The molecule has 1 aliphatic heterocycles. The van der Waals surface area contributed by atoms with E-state index in [2.05, 4.69) is 9.97 Å². The van der Waals surface area contributed by atoms with Crippen LogP contribution in [0.15, 0.2) is 10.9 Å². The summed E-state index contributed by atoms with van der Waals surface area (Å²) in [6.45, 7) is 3.86. The third kappa shape index (κ3) is 4.04. The number of nitrogens with one attached hydrogen (secondary N) is 1. The Hall–Kier alpha value is -1.89. The fourth-order valence-electron chi connectivity index (χ4n) is 2.45. The molecule has 0 atom stereocenters. The van der Waals surface area contributed by atoms with Crippen LogP contribution in [0, 0.1) is 5.92 Å². The van der Waals surface area contributed by atoms with Gasteiger partial charge in [-0.3, -0.25) is 14.6 Å². The van der Waals surface area contributed by atoms with E-state index in [0.717, 1.165) is 0 Å². The molecule has 0 amide bonds. The number of carbonyl (C=O) groups excluding carboxylic acids is 1. The molecule has 0 spiro atoms. The summed E-state index contributed by atoms with van der Waals surface area (Å²) in [5, 5.41) is 0. The number of aromatic nitrogens is 2. The van der Waals surface area contributed by atoms with Gasteiger partial charge in [0.15, 0.2) is 0 Å². The Morgan fingerprint density at radius 2 is 2.19 bits per heavy atom. The second-order valence-electron chi connectivity index (χ2n) is 5.01. The zero-order chi connectivity index (χ0) is 15.2. The highest BCUT2D eigenvalue weighted by molar-refractivity contribution is 5.72. The summed E-state index contributed by atoms with van der Waals surface area (Å²) in [5.41, 5.74) is 0.406. The zero-order valence-corrected chi connectivity index (χ0v) is 12.4. The van der Waals surface area contributed by atoms with Crippen molar-refractivity contribution in [3.8, 4) is 0 Å². The minimum absolute atomic E-state index is 0.0601.